The van der Waals surface area contributed by atoms with Crippen LogP contribution >= 0.6 is 0 Å². The Labute approximate surface area is 119 Å². The van der Waals surface area contributed by atoms with Gasteiger partial charge >= 0.3 is 12.0 Å². The maximum absolute atomic E-state index is 12.0. The summed E-state index contributed by atoms with van der Waals surface area (Å²) in [4.78, 5) is 10.3. The molecule has 0 bridgehead atoms. The van der Waals surface area contributed by atoms with E-state index in [4.69, 9.17) is 14.3 Å². The van der Waals surface area contributed by atoms with Crippen LogP contribution in [0.5, 0.6) is 5.75 Å². The van der Waals surface area contributed by atoms with Crippen molar-refractivity contribution in [3.05, 3.63) is 30.2 Å². The van der Waals surface area contributed by atoms with Crippen LogP contribution in [0.1, 0.15) is 5.89 Å². The molecule has 0 saturated carbocycles. The number of hydrogen-bond donors (Lipinski definition) is 2. The van der Waals surface area contributed by atoms with E-state index in [0.29, 0.717) is 0 Å². The van der Waals surface area contributed by atoms with E-state index >= 15 is 0 Å². The summed E-state index contributed by atoms with van der Waals surface area (Å²) in [5.74, 6) is -0.657. The number of nitrogens with zero attached hydrogens (tertiary/aromatic N) is 2. The molecule has 0 saturated heterocycles. The molecule has 1 heterocycles. The highest BCUT2D eigenvalue weighted by molar-refractivity contribution is 7.92. The number of sulfonamides is 1. The lowest BCUT2D eigenvalue weighted by Crippen LogP contribution is -2.13. The first-order chi connectivity index (χ1) is 9.87. The fourth-order valence-corrected chi connectivity index (χ4v) is 2.30. The molecule has 2 rings (SSSR count). The van der Waals surface area contributed by atoms with Gasteiger partial charge in [-0.15, -0.1) is 5.10 Å². The Morgan fingerprint density at radius 1 is 1.33 bits per heavy atom. The lowest BCUT2D eigenvalue weighted by molar-refractivity contribution is -0.139. The van der Waals surface area contributed by atoms with Crippen molar-refractivity contribution >= 4 is 22.0 Å². The summed E-state index contributed by atoms with van der Waals surface area (Å²) in [6, 6.07) is 4.98. The van der Waals surface area contributed by atoms with Crippen LogP contribution in [0.25, 0.3) is 0 Å². The van der Waals surface area contributed by atoms with E-state index in [1.165, 1.54) is 31.2 Å². The van der Waals surface area contributed by atoms with Crippen molar-refractivity contribution < 1.29 is 27.5 Å². The molecule has 0 fully saturated rings. The van der Waals surface area contributed by atoms with E-state index in [1.807, 2.05) is 0 Å². The molecule has 112 valence electrons. The largest absolute Gasteiger partial charge is 0.482 e. The Morgan fingerprint density at radius 2 is 2.00 bits per heavy atom. The van der Waals surface area contributed by atoms with E-state index in [2.05, 4.69) is 14.9 Å². The van der Waals surface area contributed by atoms with Crippen LogP contribution in [0.4, 0.5) is 6.01 Å². The number of aliphatic carboxylic acids is 1. The second-order valence-electron chi connectivity index (χ2n) is 3.89. The third-order valence-electron chi connectivity index (χ3n) is 2.24. The third kappa shape index (κ3) is 3.92. The summed E-state index contributed by atoms with van der Waals surface area (Å²) < 4.78 is 36.0. The van der Waals surface area contributed by atoms with Gasteiger partial charge < -0.3 is 14.3 Å². The topological polar surface area (TPSA) is 132 Å². The SMILES string of the molecule is Cc1nnc(NS(=O)(=O)c2ccc(OCC(=O)O)cc2)o1. The molecule has 0 amide bonds. The molecule has 0 aliphatic rings. The summed E-state index contributed by atoms with van der Waals surface area (Å²) in [6.45, 7) is 1.02. The summed E-state index contributed by atoms with van der Waals surface area (Å²) in [7, 11) is -3.87. The minimum atomic E-state index is -3.87. The van der Waals surface area contributed by atoms with Crippen molar-refractivity contribution in [1.29, 1.82) is 0 Å². The highest BCUT2D eigenvalue weighted by Crippen LogP contribution is 2.18. The van der Waals surface area contributed by atoms with Gasteiger partial charge in [0.25, 0.3) is 10.0 Å². The third-order valence-corrected chi connectivity index (χ3v) is 3.58. The summed E-state index contributed by atoms with van der Waals surface area (Å²) >= 11 is 0. The average Bonchev–Trinajstić information content (AvgIpc) is 2.81. The molecular weight excluding hydrogens is 302 g/mol. The van der Waals surface area contributed by atoms with E-state index in [0.717, 1.165) is 0 Å². The zero-order valence-corrected chi connectivity index (χ0v) is 11.6. The van der Waals surface area contributed by atoms with Crippen molar-refractivity contribution in [2.24, 2.45) is 0 Å². The predicted molar refractivity (Wildman–Crippen MR) is 69.4 cm³/mol. The first-order valence-corrected chi connectivity index (χ1v) is 7.13. The quantitative estimate of drug-likeness (QED) is 0.794. The zero-order chi connectivity index (χ0) is 15.5. The van der Waals surface area contributed by atoms with Gasteiger partial charge in [-0.2, -0.15) is 0 Å². The molecule has 0 aliphatic carbocycles. The molecule has 0 aliphatic heterocycles. The standard InChI is InChI=1S/C11H11N3O6S/c1-7-12-13-11(20-7)14-21(17,18)9-4-2-8(3-5-9)19-6-10(15)16/h2-5H,6H2,1H3,(H,13,14)(H,15,16). The van der Waals surface area contributed by atoms with Gasteiger partial charge in [-0.05, 0) is 24.3 Å². The van der Waals surface area contributed by atoms with Crippen LogP contribution in [0, 0.1) is 6.92 Å². The second kappa shape index (κ2) is 5.79. The molecule has 2 N–H and O–H groups in total. The van der Waals surface area contributed by atoms with Crippen LogP contribution in [0.2, 0.25) is 0 Å². The van der Waals surface area contributed by atoms with Crippen molar-refractivity contribution in [3.63, 3.8) is 0 Å². The molecule has 9 nitrogen and oxygen atoms in total. The number of carboxylic acids is 1. The normalized spacial score (nSPS) is 11.1. The molecule has 0 unspecified atom stereocenters. The zero-order valence-electron chi connectivity index (χ0n) is 10.8. The van der Waals surface area contributed by atoms with Crippen LogP contribution < -0.4 is 9.46 Å². The Bertz CT molecular complexity index is 738. The van der Waals surface area contributed by atoms with Gasteiger partial charge in [0, 0.05) is 6.92 Å². The molecule has 21 heavy (non-hydrogen) atoms. The number of benzene rings is 1. The van der Waals surface area contributed by atoms with E-state index < -0.39 is 22.6 Å². The molecule has 10 heteroatoms. The molecule has 1 aromatic carbocycles. The van der Waals surface area contributed by atoms with E-state index in [1.54, 1.807) is 0 Å². The molecule has 0 atom stereocenters. The van der Waals surface area contributed by atoms with Crippen LogP contribution in [0.15, 0.2) is 33.6 Å². The van der Waals surface area contributed by atoms with Gasteiger partial charge in [-0.25, -0.2) is 17.9 Å². The monoisotopic (exact) mass is 313 g/mol. The minimum absolute atomic E-state index is 0.0546. The first kappa shape index (κ1) is 14.8. The first-order valence-electron chi connectivity index (χ1n) is 5.64. The lowest BCUT2D eigenvalue weighted by atomic mass is 10.3. The number of carboxylic acid groups (broad SMARTS) is 1. The van der Waals surface area contributed by atoms with Crippen molar-refractivity contribution in [2.75, 3.05) is 11.3 Å². The predicted octanol–water partition coefficient (Wildman–Crippen LogP) is 0.642. The van der Waals surface area contributed by atoms with Crippen LogP contribution in [0.3, 0.4) is 0 Å². The number of rotatable bonds is 6. The number of aromatic nitrogens is 2. The Hall–Kier alpha value is -2.62. The van der Waals surface area contributed by atoms with Gasteiger partial charge in [0.05, 0.1) is 4.90 Å². The number of hydrogen-bond acceptors (Lipinski definition) is 7. The van der Waals surface area contributed by atoms with Gasteiger partial charge in [-0.1, -0.05) is 5.10 Å². The van der Waals surface area contributed by atoms with Gasteiger partial charge in [0.2, 0.25) is 5.89 Å². The van der Waals surface area contributed by atoms with Gasteiger partial charge in [0.1, 0.15) is 5.75 Å². The molecular formula is C11H11N3O6S. The minimum Gasteiger partial charge on any atom is -0.482 e. The summed E-state index contributed by atoms with van der Waals surface area (Å²) in [5, 5.41) is 15.5. The molecule has 2 aromatic rings. The second-order valence-corrected chi connectivity index (χ2v) is 5.57. The number of nitrogens with one attached hydrogen (secondary N) is 1. The van der Waals surface area contributed by atoms with Crippen LogP contribution in [-0.4, -0.2) is 36.3 Å². The Balaban J connectivity index is 2.11. The maximum Gasteiger partial charge on any atom is 0.341 e. The fourth-order valence-electron chi connectivity index (χ4n) is 1.37. The van der Waals surface area contributed by atoms with Crippen molar-refractivity contribution in [3.8, 4) is 5.75 Å². The van der Waals surface area contributed by atoms with E-state index in [9.17, 15) is 13.2 Å². The summed E-state index contributed by atoms with van der Waals surface area (Å²) in [5.41, 5.74) is 0. The average molecular weight is 313 g/mol. The van der Waals surface area contributed by atoms with Gasteiger partial charge in [0.15, 0.2) is 6.61 Å². The van der Waals surface area contributed by atoms with Crippen molar-refractivity contribution in [2.45, 2.75) is 11.8 Å². The van der Waals surface area contributed by atoms with Crippen LogP contribution in [-0.2, 0) is 14.8 Å². The Kier molecular flexibility index (Phi) is 4.08. The fraction of sp³-hybridized carbons (Fsp3) is 0.182. The smallest absolute Gasteiger partial charge is 0.341 e. The van der Waals surface area contributed by atoms with E-state index in [-0.39, 0.29) is 22.6 Å². The molecule has 1 aromatic heterocycles. The molecule has 0 spiro atoms. The van der Waals surface area contributed by atoms with Gasteiger partial charge in [-0.3, -0.25) is 0 Å². The number of ether oxygens (including phenoxy) is 1. The highest BCUT2D eigenvalue weighted by atomic mass is 32.2. The summed E-state index contributed by atoms with van der Waals surface area (Å²) in [6.07, 6.45) is 0. The Morgan fingerprint density at radius 3 is 2.52 bits per heavy atom. The van der Waals surface area contributed by atoms with Crippen molar-refractivity contribution in [1.82, 2.24) is 10.2 Å². The lowest BCUT2D eigenvalue weighted by Gasteiger charge is -2.06. The maximum atomic E-state index is 12.0. The number of carbonyl (C=O) groups is 1. The number of aryl methyl sites for hydroxylation is 1. The highest BCUT2D eigenvalue weighted by Gasteiger charge is 2.17. The molecule has 0 radical (unpaired) electrons. The number of anilines is 1.